The fraction of sp³-hybridized carbons (Fsp3) is 0.419. The van der Waals surface area contributed by atoms with Crippen LogP contribution in [0.3, 0.4) is 0 Å². The maximum Gasteiger partial charge on any atom is 0.309 e. The number of esters is 1. The van der Waals surface area contributed by atoms with E-state index in [9.17, 15) is 9.59 Å². The highest BCUT2D eigenvalue weighted by atomic mass is 31.0. The standard InChI is InChI=1S/C31H38N5O3P/c1-20-7-8-22(17-25(20)40)35-18-30(2,3)28-24(35)10-9-23(33-28)29(38)36-14-13-34(19-31(36,4)5)26-15-21(11-12-32-26)16-27(37)39-6/h7-12,15,17H,13-14,16,18-19,40H2,1-6H3. The number of benzene rings is 1. The number of ether oxygens (including phenoxy) is 1. The molecule has 1 atom stereocenters. The summed E-state index contributed by atoms with van der Waals surface area (Å²) in [4.78, 5) is 41.5. The first-order valence-corrected chi connectivity index (χ1v) is 14.2. The van der Waals surface area contributed by atoms with Crippen molar-refractivity contribution in [3.63, 3.8) is 0 Å². The van der Waals surface area contributed by atoms with Crippen LogP contribution in [0, 0.1) is 6.92 Å². The molecule has 0 spiro atoms. The van der Waals surface area contributed by atoms with E-state index in [2.05, 4.69) is 76.8 Å². The Morgan fingerprint density at radius 2 is 1.80 bits per heavy atom. The molecule has 2 aromatic heterocycles. The maximum atomic E-state index is 13.9. The fourth-order valence-electron chi connectivity index (χ4n) is 5.72. The van der Waals surface area contributed by atoms with E-state index in [0.717, 1.165) is 35.0 Å². The Balaban J connectivity index is 1.36. The Bertz CT molecular complexity index is 1470. The molecule has 0 bridgehead atoms. The first kappa shape index (κ1) is 28.0. The second kappa shape index (κ2) is 10.5. The number of anilines is 3. The fourth-order valence-corrected chi connectivity index (χ4v) is 5.98. The van der Waals surface area contributed by atoms with Crippen molar-refractivity contribution >= 4 is 43.6 Å². The lowest BCUT2D eigenvalue weighted by Gasteiger charge is -2.47. The molecule has 0 saturated carbocycles. The zero-order chi connectivity index (χ0) is 28.8. The lowest BCUT2D eigenvalue weighted by atomic mass is 9.91. The Labute approximate surface area is 238 Å². The van der Waals surface area contributed by atoms with Gasteiger partial charge in [0.1, 0.15) is 11.5 Å². The summed E-state index contributed by atoms with van der Waals surface area (Å²) < 4.78 is 4.81. The lowest BCUT2D eigenvalue weighted by molar-refractivity contribution is -0.139. The molecule has 3 aromatic rings. The van der Waals surface area contributed by atoms with Gasteiger partial charge in [0.05, 0.1) is 30.5 Å². The van der Waals surface area contributed by atoms with Gasteiger partial charge in [-0.15, -0.1) is 9.24 Å². The number of hydrogen-bond acceptors (Lipinski definition) is 7. The summed E-state index contributed by atoms with van der Waals surface area (Å²) in [7, 11) is 4.20. The van der Waals surface area contributed by atoms with Crippen molar-refractivity contribution in [2.24, 2.45) is 0 Å². The number of carbonyl (C=O) groups excluding carboxylic acids is 2. The van der Waals surface area contributed by atoms with Gasteiger partial charge in [-0.25, -0.2) is 9.97 Å². The summed E-state index contributed by atoms with van der Waals surface area (Å²) in [5.74, 6) is 0.453. The van der Waals surface area contributed by atoms with Crippen LogP contribution in [0.1, 0.15) is 55.0 Å². The second-order valence-electron chi connectivity index (χ2n) is 12.0. The van der Waals surface area contributed by atoms with Crippen molar-refractivity contribution in [1.29, 1.82) is 0 Å². The third kappa shape index (κ3) is 5.29. The van der Waals surface area contributed by atoms with Crippen molar-refractivity contribution in [3.8, 4) is 0 Å². The summed E-state index contributed by atoms with van der Waals surface area (Å²) in [5, 5.41) is 1.18. The van der Waals surface area contributed by atoms with Gasteiger partial charge in [0.2, 0.25) is 0 Å². The summed E-state index contributed by atoms with van der Waals surface area (Å²) in [6.07, 6.45) is 1.92. The molecule has 0 aliphatic carbocycles. The van der Waals surface area contributed by atoms with Crippen molar-refractivity contribution in [3.05, 3.63) is 71.2 Å². The number of fused-ring (bicyclic) bond motifs is 1. The van der Waals surface area contributed by atoms with Crippen LogP contribution in [0.5, 0.6) is 0 Å². The normalized spacial score (nSPS) is 17.5. The smallest absolute Gasteiger partial charge is 0.309 e. The number of methoxy groups -OCH3 is 1. The highest BCUT2D eigenvalue weighted by Gasteiger charge is 2.41. The molecule has 5 rings (SSSR count). The van der Waals surface area contributed by atoms with E-state index in [1.165, 1.54) is 18.0 Å². The summed E-state index contributed by atoms with van der Waals surface area (Å²) in [5.41, 5.74) is 5.05. The molecule has 40 heavy (non-hydrogen) atoms. The van der Waals surface area contributed by atoms with Gasteiger partial charge in [-0.1, -0.05) is 19.9 Å². The SMILES string of the molecule is COC(=O)Cc1ccnc(N2CCN(C(=O)c3ccc4c(n3)C(C)(C)CN4c3ccc(C)c(P)c3)C(C)(C)C2)c1. The third-order valence-corrected chi connectivity index (χ3v) is 8.63. The second-order valence-corrected chi connectivity index (χ2v) is 12.7. The average molecular weight is 560 g/mol. The summed E-state index contributed by atoms with van der Waals surface area (Å²) in [6.45, 7) is 13.2. The van der Waals surface area contributed by atoms with Gasteiger partial charge >= 0.3 is 5.97 Å². The predicted molar refractivity (Wildman–Crippen MR) is 162 cm³/mol. The molecule has 1 fully saturated rings. The Kier molecular flexibility index (Phi) is 7.34. The van der Waals surface area contributed by atoms with Crippen LogP contribution in [0.2, 0.25) is 0 Å². The van der Waals surface area contributed by atoms with Gasteiger partial charge in [-0.3, -0.25) is 9.59 Å². The molecule has 1 unspecified atom stereocenters. The van der Waals surface area contributed by atoms with Gasteiger partial charge in [-0.05, 0) is 73.6 Å². The Morgan fingerprint density at radius 3 is 2.50 bits per heavy atom. The molecule has 1 aromatic carbocycles. The van der Waals surface area contributed by atoms with Gasteiger partial charge in [-0.2, -0.15) is 0 Å². The van der Waals surface area contributed by atoms with Crippen LogP contribution in [-0.4, -0.2) is 65.6 Å². The Hall–Kier alpha value is -3.51. The van der Waals surface area contributed by atoms with Crippen LogP contribution >= 0.6 is 9.24 Å². The summed E-state index contributed by atoms with van der Waals surface area (Å²) >= 11 is 0. The Morgan fingerprint density at radius 1 is 1.02 bits per heavy atom. The number of hydrogen-bond donors (Lipinski definition) is 0. The molecular formula is C31H38N5O3P. The monoisotopic (exact) mass is 559 g/mol. The summed E-state index contributed by atoms with van der Waals surface area (Å²) in [6, 6.07) is 14.1. The highest BCUT2D eigenvalue weighted by Crippen LogP contribution is 2.43. The molecular weight excluding hydrogens is 521 g/mol. The zero-order valence-corrected chi connectivity index (χ0v) is 25.3. The number of aryl methyl sites for hydroxylation is 1. The number of amides is 1. The molecule has 8 nitrogen and oxygen atoms in total. The number of carbonyl (C=O) groups is 2. The largest absolute Gasteiger partial charge is 0.469 e. The molecule has 2 aliphatic rings. The van der Waals surface area contributed by atoms with Gasteiger partial charge < -0.3 is 19.4 Å². The topological polar surface area (TPSA) is 78.9 Å². The van der Waals surface area contributed by atoms with Crippen LogP contribution in [0.4, 0.5) is 17.2 Å². The number of pyridine rings is 2. The minimum atomic E-state index is -0.450. The van der Waals surface area contributed by atoms with Crippen molar-refractivity contribution < 1.29 is 14.3 Å². The zero-order valence-electron chi connectivity index (χ0n) is 24.2. The van der Waals surface area contributed by atoms with E-state index >= 15 is 0 Å². The van der Waals surface area contributed by atoms with Crippen LogP contribution in [0.25, 0.3) is 0 Å². The molecule has 1 saturated heterocycles. The highest BCUT2D eigenvalue weighted by molar-refractivity contribution is 7.27. The molecule has 9 heteroatoms. The molecule has 0 radical (unpaired) electrons. The van der Waals surface area contributed by atoms with Crippen molar-refractivity contribution in [1.82, 2.24) is 14.9 Å². The lowest BCUT2D eigenvalue weighted by Crippen LogP contribution is -2.61. The van der Waals surface area contributed by atoms with Gasteiger partial charge in [0.15, 0.2) is 0 Å². The molecule has 4 heterocycles. The maximum absolute atomic E-state index is 13.9. The first-order valence-electron chi connectivity index (χ1n) is 13.6. The molecule has 1 amide bonds. The minimum Gasteiger partial charge on any atom is -0.469 e. The number of nitrogens with zero attached hydrogens (tertiary/aromatic N) is 5. The van der Waals surface area contributed by atoms with E-state index in [4.69, 9.17) is 9.72 Å². The van der Waals surface area contributed by atoms with Crippen molar-refractivity contribution in [2.75, 3.05) is 43.1 Å². The number of aromatic nitrogens is 2. The third-order valence-electron chi connectivity index (χ3n) is 8.01. The van der Waals surface area contributed by atoms with E-state index in [-0.39, 0.29) is 23.7 Å². The van der Waals surface area contributed by atoms with E-state index in [0.29, 0.717) is 25.3 Å². The van der Waals surface area contributed by atoms with Crippen LogP contribution < -0.4 is 15.1 Å². The predicted octanol–water partition coefficient (Wildman–Crippen LogP) is 4.17. The van der Waals surface area contributed by atoms with Crippen LogP contribution in [-0.2, 0) is 21.4 Å². The van der Waals surface area contributed by atoms with Gasteiger partial charge in [0, 0.05) is 43.5 Å². The minimum absolute atomic E-state index is 0.0586. The van der Waals surface area contributed by atoms with E-state index in [1.54, 1.807) is 6.20 Å². The van der Waals surface area contributed by atoms with Gasteiger partial charge in [0.25, 0.3) is 5.91 Å². The molecule has 210 valence electrons. The van der Waals surface area contributed by atoms with Crippen molar-refractivity contribution in [2.45, 2.75) is 52.0 Å². The molecule has 2 aliphatic heterocycles. The number of rotatable bonds is 5. The van der Waals surface area contributed by atoms with Crippen LogP contribution in [0.15, 0.2) is 48.7 Å². The van der Waals surface area contributed by atoms with E-state index in [1.807, 2.05) is 29.2 Å². The quantitative estimate of drug-likeness (QED) is 0.343. The molecule has 0 N–H and O–H groups in total. The van der Waals surface area contributed by atoms with E-state index < -0.39 is 5.54 Å². The number of piperazine rings is 1. The first-order chi connectivity index (χ1) is 18.9. The average Bonchev–Trinajstić information content (AvgIpc) is 3.19.